The number of hydrogen-bond donors (Lipinski definition) is 1. The monoisotopic (exact) mass is 284 g/mol. The number of benzene rings is 1. The Morgan fingerprint density at radius 1 is 1.37 bits per heavy atom. The molecule has 0 aliphatic carbocycles. The minimum atomic E-state index is -0.479. The van der Waals surface area contributed by atoms with Crippen molar-refractivity contribution in [2.75, 3.05) is 18.4 Å². The molecule has 1 fully saturated rings. The minimum Gasteiger partial charge on any atom is -0.370 e. The number of para-hydroxylation sites is 1. The fraction of sp³-hybridized carbons (Fsp3) is 0.500. The SMILES string of the molecule is CC(Nc1c(F)cccc1Cl)C(=O)N1CCCCC1. The summed E-state index contributed by atoms with van der Waals surface area (Å²) in [4.78, 5) is 14.1. The van der Waals surface area contributed by atoms with Gasteiger partial charge in [-0.3, -0.25) is 4.79 Å². The fourth-order valence-electron chi connectivity index (χ4n) is 2.30. The third-order valence-electron chi connectivity index (χ3n) is 3.36. The summed E-state index contributed by atoms with van der Waals surface area (Å²) in [6.07, 6.45) is 3.25. The number of carbonyl (C=O) groups excluding carboxylic acids is 1. The van der Waals surface area contributed by atoms with E-state index < -0.39 is 11.9 Å². The molecule has 3 nitrogen and oxygen atoms in total. The van der Waals surface area contributed by atoms with Crippen molar-refractivity contribution in [1.82, 2.24) is 4.90 Å². The van der Waals surface area contributed by atoms with Gasteiger partial charge in [-0.2, -0.15) is 0 Å². The maximum atomic E-state index is 13.6. The molecule has 0 saturated carbocycles. The Kier molecular flexibility index (Phi) is 4.64. The van der Waals surface area contributed by atoms with Gasteiger partial charge in [0.2, 0.25) is 5.91 Å². The number of hydrogen-bond acceptors (Lipinski definition) is 2. The Hall–Kier alpha value is -1.29. The van der Waals surface area contributed by atoms with Gasteiger partial charge in [0, 0.05) is 13.1 Å². The zero-order valence-corrected chi connectivity index (χ0v) is 11.7. The molecule has 0 radical (unpaired) electrons. The number of rotatable bonds is 3. The second-order valence-electron chi connectivity index (χ2n) is 4.85. The highest BCUT2D eigenvalue weighted by atomic mass is 35.5. The quantitative estimate of drug-likeness (QED) is 0.924. The summed E-state index contributed by atoms with van der Waals surface area (Å²) < 4.78 is 13.6. The van der Waals surface area contributed by atoms with Crippen molar-refractivity contribution in [3.8, 4) is 0 Å². The maximum absolute atomic E-state index is 13.6. The highest BCUT2D eigenvalue weighted by molar-refractivity contribution is 6.33. The maximum Gasteiger partial charge on any atom is 0.244 e. The Balaban J connectivity index is 2.03. The Labute approximate surface area is 117 Å². The van der Waals surface area contributed by atoms with Crippen molar-refractivity contribution in [3.63, 3.8) is 0 Å². The van der Waals surface area contributed by atoms with Crippen LogP contribution in [0.1, 0.15) is 26.2 Å². The molecular formula is C14H18ClFN2O. The van der Waals surface area contributed by atoms with E-state index in [1.54, 1.807) is 19.1 Å². The Morgan fingerprint density at radius 3 is 2.68 bits per heavy atom. The van der Waals surface area contributed by atoms with E-state index in [2.05, 4.69) is 5.32 Å². The predicted octanol–water partition coefficient (Wildman–Crippen LogP) is 3.29. The predicted molar refractivity (Wildman–Crippen MR) is 74.9 cm³/mol. The van der Waals surface area contributed by atoms with E-state index in [9.17, 15) is 9.18 Å². The molecule has 0 aromatic heterocycles. The molecule has 1 aliphatic rings. The molecule has 1 heterocycles. The van der Waals surface area contributed by atoms with Crippen LogP contribution >= 0.6 is 11.6 Å². The normalized spacial score (nSPS) is 17.1. The highest BCUT2D eigenvalue weighted by Crippen LogP contribution is 2.25. The Morgan fingerprint density at radius 2 is 2.05 bits per heavy atom. The Bertz CT molecular complexity index is 441. The first kappa shape index (κ1) is 14.1. The van der Waals surface area contributed by atoms with Gasteiger partial charge in [0.15, 0.2) is 0 Å². The van der Waals surface area contributed by atoms with Crippen molar-refractivity contribution in [2.45, 2.75) is 32.2 Å². The van der Waals surface area contributed by atoms with Gasteiger partial charge < -0.3 is 10.2 Å². The second-order valence-corrected chi connectivity index (χ2v) is 5.26. The molecule has 1 unspecified atom stereocenters. The molecule has 0 bridgehead atoms. The lowest BCUT2D eigenvalue weighted by molar-refractivity contribution is -0.132. The highest BCUT2D eigenvalue weighted by Gasteiger charge is 2.23. The standard InChI is InChI=1S/C14H18ClFN2O/c1-10(14(19)18-8-3-2-4-9-18)17-13-11(15)6-5-7-12(13)16/h5-7,10,17H,2-4,8-9H2,1H3. The number of nitrogens with one attached hydrogen (secondary N) is 1. The summed E-state index contributed by atoms with van der Waals surface area (Å²) in [6, 6.07) is 3.99. The lowest BCUT2D eigenvalue weighted by Crippen LogP contribution is -2.44. The number of piperidine rings is 1. The van der Waals surface area contributed by atoms with Crippen LogP contribution in [0, 0.1) is 5.82 Å². The van der Waals surface area contributed by atoms with Crippen LogP contribution in [0.5, 0.6) is 0 Å². The molecule has 1 amide bonds. The van der Waals surface area contributed by atoms with E-state index in [-0.39, 0.29) is 11.6 Å². The summed E-state index contributed by atoms with van der Waals surface area (Å²) in [7, 11) is 0. The van der Waals surface area contributed by atoms with E-state index in [1.807, 2.05) is 4.90 Å². The molecule has 1 saturated heterocycles. The average molecular weight is 285 g/mol. The van der Waals surface area contributed by atoms with E-state index in [0.29, 0.717) is 5.02 Å². The van der Waals surface area contributed by atoms with Crippen molar-refractivity contribution in [1.29, 1.82) is 0 Å². The van der Waals surface area contributed by atoms with Gasteiger partial charge in [-0.1, -0.05) is 17.7 Å². The summed E-state index contributed by atoms with van der Waals surface area (Å²) in [6.45, 7) is 3.31. The van der Waals surface area contributed by atoms with E-state index in [4.69, 9.17) is 11.6 Å². The molecule has 0 spiro atoms. The molecule has 2 rings (SSSR count). The van der Waals surface area contributed by atoms with Gasteiger partial charge in [0.1, 0.15) is 11.9 Å². The smallest absolute Gasteiger partial charge is 0.244 e. The summed E-state index contributed by atoms with van der Waals surface area (Å²) in [5.74, 6) is -0.440. The van der Waals surface area contributed by atoms with Crippen molar-refractivity contribution in [2.24, 2.45) is 0 Å². The van der Waals surface area contributed by atoms with E-state index >= 15 is 0 Å². The van der Waals surface area contributed by atoms with Gasteiger partial charge in [0.05, 0.1) is 10.7 Å². The van der Waals surface area contributed by atoms with Gasteiger partial charge in [-0.25, -0.2) is 4.39 Å². The number of amides is 1. The van der Waals surface area contributed by atoms with Crippen LogP contribution in [-0.2, 0) is 4.79 Å². The van der Waals surface area contributed by atoms with E-state index in [0.717, 1.165) is 25.9 Å². The number of likely N-dealkylation sites (tertiary alicyclic amines) is 1. The summed E-state index contributed by atoms with van der Waals surface area (Å²) in [5, 5.41) is 3.17. The summed E-state index contributed by atoms with van der Waals surface area (Å²) in [5.41, 5.74) is 0.196. The van der Waals surface area contributed by atoms with Gasteiger partial charge in [-0.15, -0.1) is 0 Å². The van der Waals surface area contributed by atoms with Gasteiger partial charge in [-0.05, 0) is 38.3 Å². The van der Waals surface area contributed by atoms with Crippen LogP contribution in [0.3, 0.4) is 0 Å². The third kappa shape index (κ3) is 3.38. The van der Waals surface area contributed by atoms with Crippen LogP contribution in [0.15, 0.2) is 18.2 Å². The van der Waals surface area contributed by atoms with Crippen LogP contribution in [0.2, 0.25) is 5.02 Å². The minimum absolute atomic E-state index is 0.000908. The number of carbonyl (C=O) groups is 1. The van der Waals surface area contributed by atoms with Crippen molar-refractivity contribution >= 4 is 23.2 Å². The molecule has 1 aliphatic heterocycles. The molecule has 5 heteroatoms. The average Bonchev–Trinajstić information content (AvgIpc) is 2.43. The lowest BCUT2D eigenvalue weighted by atomic mass is 10.1. The van der Waals surface area contributed by atoms with Crippen LogP contribution in [-0.4, -0.2) is 29.9 Å². The van der Waals surface area contributed by atoms with Crippen LogP contribution < -0.4 is 5.32 Å². The molecule has 1 aromatic rings. The van der Waals surface area contributed by atoms with Crippen molar-refractivity contribution in [3.05, 3.63) is 29.0 Å². The number of nitrogens with zero attached hydrogens (tertiary/aromatic N) is 1. The fourth-order valence-corrected chi connectivity index (χ4v) is 2.52. The molecule has 104 valence electrons. The van der Waals surface area contributed by atoms with Crippen molar-refractivity contribution < 1.29 is 9.18 Å². The first-order valence-electron chi connectivity index (χ1n) is 6.59. The van der Waals surface area contributed by atoms with Crippen LogP contribution in [0.25, 0.3) is 0 Å². The number of anilines is 1. The first-order valence-corrected chi connectivity index (χ1v) is 6.96. The zero-order valence-electron chi connectivity index (χ0n) is 11.0. The van der Waals surface area contributed by atoms with E-state index in [1.165, 1.54) is 12.5 Å². The van der Waals surface area contributed by atoms with Crippen LogP contribution in [0.4, 0.5) is 10.1 Å². The largest absolute Gasteiger partial charge is 0.370 e. The summed E-state index contributed by atoms with van der Waals surface area (Å²) >= 11 is 5.94. The topological polar surface area (TPSA) is 32.3 Å². The van der Waals surface area contributed by atoms with Gasteiger partial charge >= 0.3 is 0 Å². The molecule has 1 N–H and O–H groups in total. The first-order chi connectivity index (χ1) is 9.09. The molecule has 1 aromatic carbocycles. The second kappa shape index (κ2) is 6.24. The zero-order chi connectivity index (χ0) is 13.8. The van der Waals surface area contributed by atoms with Gasteiger partial charge in [0.25, 0.3) is 0 Å². The number of halogens is 2. The molecule has 19 heavy (non-hydrogen) atoms. The molecular weight excluding hydrogens is 267 g/mol. The lowest BCUT2D eigenvalue weighted by Gasteiger charge is -2.30. The molecule has 1 atom stereocenters. The third-order valence-corrected chi connectivity index (χ3v) is 3.68.